The minimum atomic E-state index is -1.21. The van der Waals surface area contributed by atoms with Crippen LogP contribution in [-0.2, 0) is 20.9 Å². The van der Waals surface area contributed by atoms with Gasteiger partial charge in [-0.25, -0.2) is 4.79 Å². The molecule has 0 spiro atoms. The number of carbonyl (C=O) groups is 3. The second-order valence-corrected chi connectivity index (χ2v) is 8.20. The zero-order chi connectivity index (χ0) is 24.1. The van der Waals surface area contributed by atoms with Crippen LogP contribution in [0.2, 0.25) is 0 Å². The van der Waals surface area contributed by atoms with Crippen LogP contribution in [0.1, 0.15) is 17.2 Å². The molecule has 4 N–H and O–H groups in total. The van der Waals surface area contributed by atoms with Gasteiger partial charge in [-0.1, -0.05) is 36.4 Å². The van der Waals surface area contributed by atoms with Gasteiger partial charge in [0.2, 0.25) is 5.91 Å². The summed E-state index contributed by atoms with van der Waals surface area (Å²) in [5.41, 5.74) is 3.07. The normalized spacial score (nSPS) is 16.0. The van der Waals surface area contributed by atoms with Gasteiger partial charge in [0, 0.05) is 73.2 Å². The second kappa shape index (κ2) is 10.3. The first-order chi connectivity index (χ1) is 16.4. The standard InChI is InChI=1S/C25H26N4O5/c30-22(8-9-23(31)32)27-18-6-7-19-20(15-26-21(19)14-18)24(25(33)34)29-12-10-28(11-13-29)16-17-4-2-1-3-5-17/h1-9,14-15,24,26H,10-13,16H2,(H,27,30)(H,31,32)(H,33,34)/b9-8+. The molecule has 0 saturated carbocycles. The highest BCUT2D eigenvalue weighted by Crippen LogP contribution is 2.31. The van der Waals surface area contributed by atoms with Crippen molar-refractivity contribution in [2.24, 2.45) is 0 Å². The van der Waals surface area contributed by atoms with E-state index in [1.807, 2.05) is 23.1 Å². The van der Waals surface area contributed by atoms with Crippen molar-refractivity contribution in [1.29, 1.82) is 0 Å². The van der Waals surface area contributed by atoms with Crippen molar-refractivity contribution in [3.8, 4) is 0 Å². The van der Waals surface area contributed by atoms with Crippen molar-refractivity contribution >= 4 is 34.4 Å². The van der Waals surface area contributed by atoms with E-state index < -0.39 is 23.9 Å². The number of aromatic amines is 1. The molecule has 1 aromatic heterocycles. The Morgan fingerprint density at radius 3 is 2.41 bits per heavy atom. The van der Waals surface area contributed by atoms with Crippen LogP contribution in [0.4, 0.5) is 5.69 Å². The predicted octanol–water partition coefficient (Wildman–Crippen LogP) is 2.69. The van der Waals surface area contributed by atoms with E-state index in [1.165, 1.54) is 5.56 Å². The highest BCUT2D eigenvalue weighted by Gasteiger charge is 2.32. The van der Waals surface area contributed by atoms with Crippen molar-refractivity contribution in [3.63, 3.8) is 0 Å². The van der Waals surface area contributed by atoms with Crippen molar-refractivity contribution in [3.05, 3.63) is 78.0 Å². The summed E-state index contributed by atoms with van der Waals surface area (Å²) in [6.07, 6.45) is 3.40. The smallest absolute Gasteiger partial charge is 0.328 e. The summed E-state index contributed by atoms with van der Waals surface area (Å²) in [6, 6.07) is 14.6. The zero-order valence-electron chi connectivity index (χ0n) is 18.5. The van der Waals surface area contributed by atoms with E-state index in [-0.39, 0.29) is 0 Å². The minimum absolute atomic E-state index is 0.474. The molecule has 1 atom stereocenters. The largest absolute Gasteiger partial charge is 0.480 e. The topological polar surface area (TPSA) is 126 Å². The van der Waals surface area contributed by atoms with Gasteiger partial charge in [0.15, 0.2) is 0 Å². The summed E-state index contributed by atoms with van der Waals surface area (Å²) in [7, 11) is 0. The fourth-order valence-electron chi connectivity index (χ4n) is 4.29. The van der Waals surface area contributed by atoms with Crippen molar-refractivity contribution in [1.82, 2.24) is 14.8 Å². The number of carboxylic acids is 2. The number of H-pyrrole nitrogens is 1. The third-order valence-corrected chi connectivity index (χ3v) is 5.91. The van der Waals surface area contributed by atoms with Crippen molar-refractivity contribution < 1.29 is 24.6 Å². The highest BCUT2D eigenvalue weighted by atomic mass is 16.4. The number of hydrogen-bond acceptors (Lipinski definition) is 5. The van der Waals surface area contributed by atoms with Crippen LogP contribution in [0.25, 0.3) is 10.9 Å². The third-order valence-electron chi connectivity index (χ3n) is 5.91. The molecule has 9 heteroatoms. The van der Waals surface area contributed by atoms with E-state index in [4.69, 9.17) is 5.11 Å². The Bertz CT molecular complexity index is 1210. The quantitative estimate of drug-likeness (QED) is 0.379. The van der Waals surface area contributed by atoms with Gasteiger partial charge in [0.1, 0.15) is 6.04 Å². The molecule has 0 bridgehead atoms. The Morgan fingerprint density at radius 2 is 1.74 bits per heavy atom. The number of carbonyl (C=O) groups excluding carboxylic acids is 1. The first-order valence-corrected chi connectivity index (χ1v) is 11.0. The lowest BCUT2D eigenvalue weighted by atomic mass is 10.0. The van der Waals surface area contributed by atoms with Crippen LogP contribution in [0.3, 0.4) is 0 Å². The molecular weight excluding hydrogens is 436 g/mol. The third kappa shape index (κ3) is 5.51. The number of benzene rings is 2. The average Bonchev–Trinajstić information content (AvgIpc) is 3.22. The molecule has 1 amide bonds. The molecular formula is C25H26N4O5. The fraction of sp³-hybridized carbons (Fsp3) is 0.240. The molecule has 0 radical (unpaired) electrons. The number of hydrogen-bond donors (Lipinski definition) is 4. The van der Waals surface area contributed by atoms with Crippen LogP contribution < -0.4 is 5.32 Å². The van der Waals surface area contributed by atoms with Crippen LogP contribution in [0, 0.1) is 0 Å². The van der Waals surface area contributed by atoms with Gasteiger partial charge in [-0.3, -0.25) is 19.4 Å². The number of carboxylic acid groups (broad SMARTS) is 2. The lowest BCUT2D eigenvalue weighted by Gasteiger charge is -2.37. The molecule has 176 valence electrons. The molecule has 1 saturated heterocycles. The predicted molar refractivity (Wildman–Crippen MR) is 127 cm³/mol. The fourth-order valence-corrected chi connectivity index (χ4v) is 4.29. The molecule has 3 aromatic rings. The maximum atomic E-state index is 12.3. The summed E-state index contributed by atoms with van der Waals surface area (Å²) < 4.78 is 0. The summed E-state index contributed by atoms with van der Waals surface area (Å²) in [6.45, 7) is 3.68. The molecule has 34 heavy (non-hydrogen) atoms. The zero-order valence-corrected chi connectivity index (χ0v) is 18.5. The molecule has 1 aliphatic heterocycles. The van der Waals surface area contributed by atoms with Crippen LogP contribution in [-0.4, -0.2) is 69.0 Å². The lowest BCUT2D eigenvalue weighted by Crippen LogP contribution is -2.48. The van der Waals surface area contributed by atoms with E-state index in [2.05, 4.69) is 27.3 Å². The van der Waals surface area contributed by atoms with E-state index >= 15 is 0 Å². The SMILES string of the molecule is O=C(O)/C=C/C(=O)Nc1ccc2c(C(C(=O)O)N3CCN(Cc4ccccc4)CC3)c[nH]c2c1. The van der Waals surface area contributed by atoms with E-state index in [1.54, 1.807) is 24.4 Å². The minimum Gasteiger partial charge on any atom is -0.480 e. The maximum absolute atomic E-state index is 12.3. The molecule has 2 heterocycles. The van der Waals surface area contributed by atoms with Crippen LogP contribution >= 0.6 is 0 Å². The highest BCUT2D eigenvalue weighted by molar-refractivity contribution is 6.03. The van der Waals surface area contributed by atoms with Crippen molar-refractivity contribution in [2.75, 3.05) is 31.5 Å². The Morgan fingerprint density at radius 1 is 1.00 bits per heavy atom. The van der Waals surface area contributed by atoms with Crippen LogP contribution in [0.15, 0.2) is 66.9 Å². The molecule has 1 aliphatic rings. The summed E-state index contributed by atoms with van der Waals surface area (Å²) in [4.78, 5) is 42.1. The van der Waals surface area contributed by atoms with Gasteiger partial charge in [0.05, 0.1) is 0 Å². The van der Waals surface area contributed by atoms with E-state index in [9.17, 15) is 19.5 Å². The molecule has 1 fully saturated rings. The van der Waals surface area contributed by atoms with Gasteiger partial charge in [-0.15, -0.1) is 0 Å². The number of anilines is 1. The summed E-state index contributed by atoms with van der Waals surface area (Å²) in [5, 5.41) is 22.0. The first-order valence-electron chi connectivity index (χ1n) is 11.0. The number of nitrogens with one attached hydrogen (secondary N) is 2. The van der Waals surface area contributed by atoms with Gasteiger partial charge in [-0.05, 0) is 17.7 Å². The van der Waals surface area contributed by atoms with Gasteiger partial charge < -0.3 is 20.5 Å². The number of aliphatic carboxylic acids is 2. The maximum Gasteiger partial charge on any atom is 0.328 e. The Labute approximate surface area is 196 Å². The number of amides is 1. The average molecular weight is 463 g/mol. The number of nitrogens with zero attached hydrogens (tertiary/aromatic N) is 2. The molecule has 0 aliphatic carbocycles. The monoisotopic (exact) mass is 462 g/mol. The van der Waals surface area contributed by atoms with Crippen LogP contribution in [0.5, 0.6) is 0 Å². The number of rotatable bonds is 8. The summed E-state index contributed by atoms with van der Waals surface area (Å²) >= 11 is 0. The molecule has 9 nitrogen and oxygen atoms in total. The Balaban J connectivity index is 1.46. The second-order valence-electron chi connectivity index (χ2n) is 8.20. The van der Waals surface area contributed by atoms with Crippen molar-refractivity contribution in [2.45, 2.75) is 12.6 Å². The Kier molecular flexibility index (Phi) is 7.05. The lowest BCUT2D eigenvalue weighted by molar-refractivity contribution is -0.144. The molecule has 4 rings (SSSR count). The first kappa shape index (κ1) is 23.2. The van der Waals surface area contributed by atoms with Gasteiger partial charge >= 0.3 is 11.9 Å². The van der Waals surface area contributed by atoms with Gasteiger partial charge in [-0.2, -0.15) is 0 Å². The van der Waals surface area contributed by atoms with Gasteiger partial charge in [0.25, 0.3) is 0 Å². The molecule has 1 unspecified atom stereocenters. The van der Waals surface area contributed by atoms with E-state index in [0.717, 1.165) is 37.2 Å². The number of aromatic nitrogens is 1. The summed E-state index contributed by atoms with van der Waals surface area (Å²) in [5.74, 6) is -2.68. The molecule has 2 aromatic carbocycles. The number of piperazine rings is 1. The van der Waals surface area contributed by atoms with E-state index in [0.29, 0.717) is 29.9 Å². The number of fused-ring (bicyclic) bond motifs is 1. The Hall–Kier alpha value is -3.95.